The highest BCUT2D eigenvalue weighted by molar-refractivity contribution is 4.95. The maximum absolute atomic E-state index is 9.64. The lowest BCUT2D eigenvalue weighted by molar-refractivity contribution is -0.127. The van der Waals surface area contributed by atoms with Gasteiger partial charge in [0, 0.05) is 5.41 Å². The molecule has 0 radical (unpaired) electrons. The van der Waals surface area contributed by atoms with E-state index < -0.39 is 12.4 Å². The smallest absolute Gasteiger partial charge is 0.181 e. The highest BCUT2D eigenvalue weighted by Gasteiger charge is 2.50. The summed E-state index contributed by atoms with van der Waals surface area (Å²) in [6, 6.07) is 0. The molecule has 4 atom stereocenters. The summed E-state index contributed by atoms with van der Waals surface area (Å²) in [6.45, 7) is 5.97. The Morgan fingerprint density at radius 3 is 2.25 bits per heavy atom. The first kappa shape index (κ1) is 9.96. The van der Waals surface area contributed by atoms with Crippen molar-refractivity contribution in [2.24, 2.45) is 5.41 Å². The predicted molar refractivity (Wildman–Crippen MR) is 45.6 cm³/mol. The second kappa shape index (κ2) is 3.32. The first-order chi connectivity index (χ1) is 5.56. The molecule has 0 amide bonds. The molecule has 0 bridgehead atoms. The van der Waals surface area contributed by atoms with Crippen molar-refractivity contribution >= 4 is 0 Å². The SMILES string of the molecule is CCC1OC(O)[C@H](O)[C@@]1(C)CC. The van der Waals surface area contributed by atoms with Crippen molar-refractivity contribution < 1.29 is 14.9 Å². The van der Waals surface area contributed by atoms with E-state index in [1.165, 1.54) is 0 Å². The van der Waals surface area contributed by atoms with Crippen LogP contribution in [0.1, 0.15) is 33.6 Å². The maximum Gasteiger partial charge on any atom is 0.181 e. The van der Waals surface area contributed by atoms with Gasteiger partial charge in [-0.1, -0.05) is 20.8 Å². The van der Waals surface area contributed by atoms with E-state index in [4.69, 9.17) is 4.74 Å². The van der Waals surface area contributed by atoms with E-state index in [0.29, 0.717) is 0 Å². The van der Waals surface area contributed by atoms with Gasteiger partial charge in [0.15, 0.2) is 6.29 Å². The number of ether oxygens (including phenoxy) is 1. The van der Waals surface area contributed by atoms with E-state index >= 15 is 0 Å². The Morgan fingerprint density at radius 1 is 1.33 bits per heavy atom. The molecule has 0 aromatic heterocycles. The summed E-state index contributed by atoms with van der Waals surface area (Å²) < 4.78 is 5.23. The van der Waals surface area contributed by atoms with Crippen LogP contribution in [0, 0.1) is 5.41 Å². The molecule has 1 fully saturated rings. The average molecular weight is 174 g/mol. The molecule has 2 unspecified atom stereocenters. The van der Waals surface area contributed by atoms with Crippen LogP contribution in [0.5, 0.6) is 0 Å². The van der Waals surface area contributed by atoms with E-state index in [2.05, 4.69) is 0 Å². The molecule has 0 aromatic rings. The van der Waals surface area contributed by atoms with Crippen molar-refractivity contribution in [1.82, 2.24) is 0 Å². The van der Waals surface area contributed by atoms with Gasteiger partial charge in [0.05, 0.1) is 6.10 Å². The fourth-order valence-corrected chi connectivity index (χ4v) is 1.91. The van der Waals surface area contributed by atoms with Crippen molar-refractivity contribution in [3.63, 3.8) is 0 Å². The Labute approximate surface area is 73.4 Å². The molecular weight excluding hydrogens is 156 g/mol. The Bertz CT molecular complexity index is 160. The van der Waals surface area contributed by atoms with Gasteiger partial charge < -0.3 is 14.9 Å². The molecule has 72 valence electrons. The molecule has 0 spiro atoms. The molecular formula is C9H18O3. The van der Waals surface area contributed by atoms with E-state index in [-0.39, 0.29) is 11.5 Å². The number of hydrogen-bond donors (Lipinski definition) is 2. The van der Waals surface area contributed by atoms with Crippen molar-refractivity contribution in [3.8, 4) is 0 Å². The standard InChI is InChI=1S/C9H18O3/c1-4-6-9(3,5-2)7(10)8(11)12-6/h6-8,10-11H,4-5H2,1-3H3/t6?,7-,8?,9-/m0/s1. The fourth-order valence-electron chi connectivity index (χ4n) is 1.91. The van der Waals surface area contributed by atoms with Gasteiger partial charge in [-0.25, -0.2) is 0 Å². The molecule has 1 saturated heterocycles. The minimum absolute atomic E-state index is 0.0208. The summed E-state index contributed by atoms with van der Waals surface area (Å²) in [6.07, 6.45) is -0.109. The Morgan fingerprint density at radius 2 is 1.92 bits per heavy atom. The quantitative estimate of drug-likeness (QED) is 0.653. The lowest BCUT2D eigenvalue weighted by Crippen LogP contribution is -2.37. The van der Waals surface area contributed by atoms with Gasteiger partial charge in [-0.2, -0.15) is 0 Å². The third kappa shape index (κ3) is 1.26. The van der Waals surface area contributed by atoms with Gasteiger partial charge >= 0.3 is 0 Å². The molecule has 1 aliphatic rings. The minimum Gasteiger partial charge on any atom is -0.387 e. The van der Waals surface area contributed by atoms with Crippen LogP contribution in [0.25, 0.3) is 0 Å². The summed E-state index contributed by atoms with van der Waals surface area (Å²) in [5.41, 5.74) is -0.284. The summed E-state index contributed by atoms with van der Waals surface area (Å²) in [4.78, 5) is 0. The molecule has 0 aliphatic carbocycles. The topological polar surface area (TPSA) is 49.7 Å². The molecule has 12 heavy (non-hydrogen) atoms. The molecule has 2 N–H and O–H groups in total. The zero-order valence-electron chi connectivity index (χ0n) is 7.95. The zero-order chi connectivity index (χ0) is 9.35. The fraction of sp³-hybridized carbons (Fsp3) is 1.00. The molecule has 0 saturated carbocycles. The van der Waals surface area contributed by atoms with Crippen LogP contribution < -0.4 is 0 Å². The largest absolute Gasteiger partial charge is 0.387 e. The van der Waals surface area contributed by atoms with Gasteiger partial charge in [0.1, 0.15) is 6.10 Å². The first-order valence-corrected chi connectivity index (χ1v) is 4.57. The Hall–Kier alpha value is -0.120. The number of aliphatic hydroxyl groups excluding tert-OH is 2. The maximum atomic E-state index is 9.64. The van der Waals surface area contributed by atoms with Gasteiger partial charge in [0.2, 0.25) is 0 Å². The summed E-state index contributed by atoms with van der Waals surface area (Å²) in [7, 11) is 0. The average Bonchev–Trinajstić information content (AvgIpc) is 2.30. The first-order valence-electron chi connectivity index (χ1n) is 4.57. The summed E-state index contributed by atoms with van der Waals surface area (Å²) in [5, 5.41) is 18.9. The lowest BCUT2D eigenvalue weighted by atomic mass is 9.77. The number of rotatable bonds is 2. The summed E-state index contributed by atoms with van der Waals surface area (Å²) >= 11 is 0. The monoisotopic (exact) mass is 174 g/mol. The normalized spacial score (nSPS) is 48.2. The van der Waals surface area contributed by atoms with Gasteiger partial charge in [-0.3, -0.25) is 0 Å². The highest BCUT2D eigenvalue weighted by Crippen LogP contribution is 2.41. The van der Waals surface area contributed by atoms with Gasteiger partial charge in [-0.15, -0.1) is 0 Å². The van der Waals surface area contributed by atoms with Crippen molar-refractivity contribution in [3.05, 3.63) is 0 Å². The third-order valence-corrected chi connectivity index (χ3v) is 3.12. The molecule has 0 aromatic carbocycles. The summed E-state index contributed by atoms with van der Waals surface area (Å²) in [5.74, 6) is 0. The highest BCUT2D eigenvalue weighted by atomic mass is 16.6. The van der Waals surface area contributed by atoms with Crippen LogP contribution in [0.3, 0.4) is 0 Å². The second-order valence-electron chi connectivity index (χ2n) is 3.73. The molecule has 1 rings (SSSR count). The molecule has 3 heteroatoms. The predicted octanol–water partition coefficient (Wildman–Crippen LogP) is 0.891. The van der Waals surface area contributed by atoms with Crippen LogP contribution in [0.4, 0.5) is 0 Å². The van der Waals surface area contributed by atoms with Crippen molar-refractivity contribution in [2.45, 2.75) is 52.1 Å². The van der Waals surface area contributed by atoms with E-state index in [9.17, 15) is 10.2 Å². The van der Waals surface area contributed by atoms with Crippen molar-refractivity contribution in [2.75, 3.05) is 0 Å². The van der Waals surface area contributed by atoms with E-state index in [1.54, 1.807) is 0 Å². The molecule has 1 heterocycles. The van der Waals surface area contributed by atoms with Crippen LogP contribution in [0.15, 0.2) is 0 Å². The Balaban J connectivity index is 2.80. The van der Waals surface area contributed by atoms with Crippen LogP contribution in [-0.2, 0) is 4.74 Å². The van der Waals surface area contributed by atoms with E-state index in [1.807, 2.05) is 20.8 Å². The number of aliphatic hydroxyl groups is 2. The molecule has 3 nitrogen and oxygen atoms in total. The van der Waals surface area contributed by atoms with E-state index in [0.717, 1.165) is 12.8 Å². The minimum atomic E-state index is -1.00. The van der Waals surface area contributed by atoms with Crippen molar-refractivity contribution in [1.29, 1.82) is 0 Å². The lowest BCUT2D eigenvalue weighted by Gasteiger charge is -2.30. The Kier molecular flexibility index (Phi) is 2.76. The zero-order valence-corrected chi connectivity index (χ0v) is 7.95. The van der Waals surface area contributed by atoms with Crippen LogP contribution >= 0.6 is 0 Å². The van der Waals surface area contributed by atoms with Crippen LogP contribution in [0.2, 0.25) is 0 Å². The van der Waals surface area contributed by atoms with Crippen LogP contribution in [-0.4, -0.2) is 28.7 Å². The number of hydrogen-bond acceptors (Lipinski definition) is 3. The molecule has 1 aliphatic heterocycles. The van der Waals surface area contributed by atoms with Gasteiger partial charge in [-0.05, 0) is 12.8 Å². The third-order valence-electron chi connectivity index (χ3n) is 3.12. The second-order valence-corrected chi connectivity index (χ2v) is 3.73. The van der Waals surface area contributed by atoms with Gasteiger partial charge in [0.25, 0.3) is 0 Å².